The highest BCUT2D eigenvalue weighted by Crippen LogP contribution is 2.07. The number of hydrogen-bond acceptors (Lipinski definition) is 2. The second-order valence-corrected chi connectivity index (χ2v) is 2.61. The lowest BCUT2D eigenvalue weighted by Gasteiger charge is -2.12. The number of nitrogens with zero attached hydrogens (tertiary/aromatic N) is 1. The normalized spacial score (nSPS) is 25.4. The van der Waals surface area contributed by atoms with E-state index >= 15 is 0 Å². The molecule has 3 nitrogen and oxygen atoms in total. The zero-order chi connectivity index (χ0) is 7.56. The highest BCUT2D eigenvalue weighted by atomic mass is 16.2. The van der Waals surface area contributed by atoms with Gasteiger partial charge in [0.25, 0.3) is 0 Å². The van der Waals surface area contributed by atoms with E-state index in [1.807, 2.05) is 7.05 Å². The molecule has 0 aromatic rings. The quantitative estimate of drug-likeness (QED) is 0.541. The van der Waals surface area contributed by atoms with Gasteiger partial charge in [0.2, 0.25) is 5.91 Å². The van der Waals surface area contributed by atoms with Crippen LogP contribution in [0.2, 0.25) is 0 Å². The first kappa shape index (κ1) is 7.54. The molecule has 0 saturated carbocycles. The Hall–Kier alpha value is -0.570. The maximum absolute atomic E-state index is 10.7. The van der Waals surface area contributed by atoms with Gasteiger partial charge >= 0.3 is 0 Å². The van der Waals surface area contributed by atoms with Gasteiger partial charge in [-0.05, 0) is 13.5 Å². The molecule has 0 bridgehead atoms. The Labute approximate surface area is 61.4 Å². The summed E-state index contributed by atoms with van der Waals surface area (Å²) in [5, 5.41) is 3.13. The van der Waals surface area contributed by atoms with Gasteiger partial charge < -0.3 is 10.2 Å². The lowest BCUT2D eigenvalue weighted by Crippen LogP contribution is -2.32. The van der Waals surface area contributed by atoms with Crippen LogP contribution in [0.15, 0.2) is 0 Å². The van der Waals surface area contributed by atoms with E-state index in [1.165, 1.54) is 0 Å². The highest BCUT2D eigenvalue weighted by molar-refractivity contribution is 5.80. The van der Waals surface area contributed by atoms with Crippen molar-refractivity contribution >= 4 is 5.91 Å². The Balaban J connectivity index is 2.35. The number of likely N-dealkylation sites (tertiary alicyclic amines) is 1. The fourth-order valence-corrected chi connectivity index (χ4v) is 1.22. The molecule has 1 amide bonds. The van der Waals surface area contributed by atoms with Crippen molar-refractivity contribution in [3.05, 3.63) is 6.92 Å². The summed E-state index contributed by atoms with van der Waals surface area (Å²) in [6.45, 7) is 5.02. The van der Waals surface area contributed by atoms with Crippen LogP contribution in [0.1, 0.15) is 6.42 Å². The number of hydrogen-bond donors (Lipinski definition) is 1. The van der Waals surface area contributed by atoms with Crippen molar-refractivity contribution in [3.63, 3.8) is 0 Å². The zero-order valence-electron chi connectivity index (χ0n) is 6.26. The van der Waals surface area contributed by atoms with E-state index in [4.69, 9.17) is 0 Å². The van der Waals surface area contributed by atoms with Crippen LogP contribution < -0.4 is 5.32 Å². The van der Waals surface area contributed by atoms with Crippen LogP contribution in [-0.4, -0.2) is 37.0 Å². The minimum Gasteiger partial charge on any atom is -0.341 e. The summed E-state index contributed by atoms with van der Waals surface area (Å²) in [6.07, 6.45) is 1.05. The van der Waals surface area contributed by atoms with Crippen LogP contribution in [0.5, 0.6) is 0 Å². The van der Waals surface area contributed by atoms with Crippen LogP contribution in [0.4, 0.5) is 0 Å². The first-order chi connectivity index (χ1) is 4.74. The molecule has 1 radical (unpaired) electrons. The van der Waals surface area contributed by atoms with Crippen LogP contribution in [-0.2, 0) is 4.79 Å². The third-order valence-corrected chi connectivity index (χ3v) is 1.95. The van der Waals surface area contributed by atoms with E-state index < -0.39 is 0 Å². The van der Waals surface area contributed by atoms with Crippen LogP contribution in [0.3, 0.4) is 0 Å². The van der Waals surface area contributed by atoms with Crippen molar-refractivity contribution in [2.75, 3.05) is 20.1 Å². The van der Waals surface area contributed by atoms with Crippen LogP contribution in [0, 0.1) is 6.92 Å². The van der Waals surface area contributed by atoms with Gasteiger partial charge in [-0.2, -0.15) is 0 Å². The molecule has 10 heavy (non-hydrogen) atoms. The van der Waals surface area contributed by atoms with Gasteiger partial charge in [-0.1, -0.05) is 0 Å². The molecule has 0 aliphatic carbocycles. The van der Waals surface area contributed by atoms with Crippen molar-refractivity contribution in [2.45, 2.75) is 12.5 Å². The Kier molecular flexibility index (Phi) is 2.27. The number of nitrogens with one attached hydrogen (secondary N) is 1. The number of rotatable bonds is 1. The predicted molar refractivity (Wildman–Crippen MR) is 39.4 cm³/mol. The number of carbonyl (C=O) groups excluding carboxylic acids is 1. The highest BCUT2D eigenvalue weighted by Gasteiger charge is 2.21. The summed E-state index contributed by atoms with van der Waals surface area (Å²) in [6, 6.07) is 0.477. The molecule has 0 aromatic carbocycles. The lowest BCUT2D eigenvalue weighted by molar-refractivity contribution is -0.125. The topological polar surface area (TPSA) is 32.3 Å². The van der Waals surface area contributed by atoms with Gasteiger partial charge in [0.15, 0.2) is 0 Å². The predicted octanol–water partition coefficient (Wildman–Crippen LogP) is -0.359. The number of carbonyl (C=O) groups is 1. The van der Waals surface area contributed by atoms with Crippen LogP contribution >= 0.6 is 0 Å². The van der Waals surface area contributed by atoms with Gasteiger partial charge in [0.1, 0.15) is 0 Å². The molecule has 1 heterocycles. The van der Waals surface area contributed by atoms with Gasteiger partial charge in [-0.3, -0.25) is 4.79 Å². The Morgan fingerprint density at radius 2 is 2.50 bits per heavy atom. The zero-order valence-corrected chi connectivity index (χ0v) is 6.26. The summed E-state index contributed by atoms with van der Waals surface area (Å²) >= 11 is 0. The van der Waals surface area contributed by atoms with E-state index in [2.05, 4.69) is 12.2 Å². The van der Waals surface area contributed by atoms with E-state index in [0.29, 0.717) is 6.04 Å². The smallest absolute Gasteiger partial charge is 0.223 e. The minimum absolute atomic E-state index is 0.0576. The van der Waals surface area contributed by atoms with Crippen molar-refractivity contribution in [3.8, 4) is 0 Å². The summed E-state index contributed by atoms with van der Waals surface area (Å²) in [5.74, 6) is -0.0576. The Morgan fingerprint density at radius 1 is 1.80 bits per heavy atom. The average Bonchev–Trinajstić information content (AvgIpc) is 2.34. The molecular formula is C7H13N2O. The molecule has 0 spiro atoms. The molecule has 1 aliphatic heterocycles. The van der Waals surface area contributed by atoms with Gasteiger partial charge in [-0.25, -0.2) is 0 Å². The molecule has 1 saturated heterocycles. The third kappa shape index (κ3) is 1.48. The summed E-state index contributed by atoms with van der Waals surface area (Å²) < 4.78 is 0. The van der Waals surface area contributed by atoms with E-state index in [1.54, 1.807) is 4.90 Å². The van der Waals surface area contributed by atoms with E-state index in [-0.39, 0.29) is 5.91 Å². The van der Waals surface area contributed by atoms with Crippen molar-refractivity contribution < 1.29 is 4.79 Å². The first-order valence-corrected chi connectivity index (χ1v) is 3.52. The number of amides is 1. The largest absolute Gasteiger partial charge is 0.341 e. The summed E-state index contributed by atoms with van der Waals surface area (Å²) in [5.41, 5.74) is 0. The summed E-state index contributed by atoms with van der Waals surface area (Å²) in [7, 11) is 1.92. The molecule has 1 atom stereocenters. The molecule has 1 N–H and O–H groups in total. The van der Waals surface area contributed by atoms with E-state index in [0.717, 1.165) is 19.5 Å². The third-order valence-electron chi connectivity index (χ3n) is 1.95. The molecule has 1 aliphatic rings. The lowest BCUT2D eigenvalue weighted by atomic mass is 10.3. The maximum Gasteiger partial charge on any atom is 0.223 e. The SMILES string of the molecule is [CH2]C(=O)N1CCC(NC)C1. The second-order valence-electron chi connectivity index (χ2n) is 2.61. The van der Waals surface area contributed by atoms with Gasteiger partial charge in [0, 0.05) is 26.1 Å². The number of likely N-dealkylation sites (N-methyl/N-ethyl adjacent to an activating group) is 1. The molecule has 1 unspecified atom stereocenters. The average molecular weight is 141 g/mol. The maximum atomic E-state index is 10.7. The molecular weight excluding hydrogens is 128 g/mol. The molecule has 57 valence electrons. The first-order valence-electron chi connectivity index (χ1n) is 3.52. The molecule has 1 fully saturated rings. The van der Waals surface area contributed by atoms with Crippen molar-refractivity contribution in [2.24, 2.45) is 0 Å². The van der Waals surface area contributed by atoms with Crippen LogP contribution in [0.25, 0.3) is 0 Å². The van der Waals surface area contributed by atoms with Crippen molar-refractivity contribution in [1.82, 2.24) is 10.2 Å². The fraction of sp³-hybridized carbons (Fsp3) is 0.714. The van der Waals surface area contributed by atoms with Gasteiger partial charge in [-0.15, -0.1) is 0 Å². The fourth-order valence-electron chi connectivity index (χ4n) is 1.22. The molecule has 0 aromatic heterocycles. The second kappa shape index (κ2) is 3.01. The summed E-state index contributed by atoms with van der Waals surface area (Å²) in [4.78, 5) is 12.5. The molecule has 3 heteroatoms. The standard InChI is InChI=1S/C7H13N2O/c1-6(10)9-4-3-7(5-9)8-2/h7-8H,1,3-5H2,2H3. The van der Waals surface area contributed by atoms with Gasteiger partial charge in [0.05, 0.1) is 0 Å². The van der Waals surface area contributed by atoms with E-state index in [9.17, 15) is 4.79 Å². The molecule has 1 rings (SSSR count). The Bertz CT molecular complexity index is 136. The van der Waals surface area contributed by atoms with Crippen molar-refractivity contribution in [1.29, 1.82) is 0 Å². The monoisotopic (exact) mass is 141 g/mol. The minimum atomic E-state index is -0.0576. The Morgan fingerprint density at radius 3 is 2.80 bits per heavy atom.